The summed E-state index contributed by atoms with van der Waals surface area (Å²) in [5.74, 6) is 2.45. The number of halogens is 1. The van der Waals surface area contributed by atoms with E-state index < -0.39 is 0 Å². The highest BCUT2D eigenvalue weighted by atomic mass is 127. The van der Waals surface area contributed by atoms with Crippen molar-refractivity contribution in [1.29, 1.82) is 0 Å². The van der Waals surface area contributed by atoms with Crippen molar-refractivity contribution in [3.63, 3.8) is 0 Å². The second-order valence-corrected chi connectivity index (χ2v) is 8.40. The molecule has 0 aromatic heterocycles. The van der Waals surface area contributed by atoms with Crippen LogP contribution in [0.3, 0.4) is 0 Å². The first-order valence-electron chi connectivity index (χ1n) is 11.5. The Morgan fingerprint density at radius 2 is 1.75 bits per heavy atom. The van der Waals surface area contributed by atoms with E-state index >= 15 is 0 Å². The number of hydrogen-bond acceptors (Lipinski definition) is 4. The molecule has 2 aliphatic rings. The van der Waals surface area contributed by atoms with Crippen molar-refractivity contribution in [3.8, 4) is 5.75 Å². The summed E-state index contributed by atoms with van der Waals surface area (Å²) in [6.07, 6.45) is 2.29. The molecular weight excluding hydrogens is 513 g/mol. The molecule has 2 aliphatic heterocycles. The first kappa shape index (κ1) is 24.5. The van der Waals surface area contributed by atoms with Crippen LogP contribution in [0.2, 0.25) is 0 Å². The predicted octanol–water partition coefficient (Wildman–Crippen LogP) is 3.97. The van der Waals surface area contributed by atoms with Crippen molar-refractivity contribution in [2.75, 3.05) is 56.2 Å². The van der Waals surface area contributed by atoms with Crippen LogP contribution in [-0.2, 0) is 0 Å². The summed E-state index contributed by atoms with van der Waals surface area (Å²) in [6.45, 7) is 8.01. The molecule has 0 amide bonds. The largest absolute Gasteiger partial charge is 0.495 e. The monoisotopic (exact) mass is 549 g/mol. The molecule has 2 aromatic rings. The number of methoxy groups -OCH3 is 1. The quantitative estimate of drug-likeness (QED) is 0.311. The third-order valence-electron chi connectivity index (χ3n) is 6.21. The molecule has 2 atom stereocenters. The fourth-order valence-corrected chi connectivity index (χ4v) is 4.58. The lowest BCUT2D eigenvalue weighted by Crippen LogP contribution is -2.45. The molecule has 2 N–H and O–H groups in total. The lowest BCUT2D eigenvalue weighted by molar-refractivity contribution is 0.414. The van der Waals surface area contributed by atoms with Gasteiger partial charge >= 0.3 is 0 Å². The van der Waals surface area contributed by atoms with Crippen LogP contribution in [0, 0.1) is 5.92 Å². The van der Waals surface area contributed by atoms with Gasteiger partial charge in [-0.25, -0.2) is 0 Å². The van der Waals surface area contributed by atoms with Gasteiger partial charge < -0.3 is 25.2 Å². The topological polar surface area (TPSA) is 52.1 Å². The van der Waals surface area contributed by atoms with Crippen LogP contribution < -0.4 is 25.2 Å². The van der Waals surface area contributed by atoms with Gasteiger partial charge in [-0.3, -0.25) is 4.99 Å². The molecule has 32 heavy (non-hydrogen) atoms. The molecule has 174 valence electrons. The summed E-state index contributed by atoms with van der Waals surface area (Å²) in [5, 5.41) is 7.10. The number of guanidine groups is 1. The minimum absolute atomic E-state index is 0. The van der Waals surface area contributed by atoms with Crippen molar-refractivity contribution < 1.29 is 4.74 Å². The lowest BCUT2D eigenvalue weighted by atomic mass is 10.1. The minimum Gasteiger partial charge on any atom is -0.495 e. The molecule has 0 bridgehead atoms. The van der Waals surface area contributed by atoms with Crippen LogP contribution in [0.15, 0.2) is 59.6 Å². The zero-order chi connectivity index (χ0) is 21.5. The first-order chi connectivity index (χ1) is 15.3. The van der Waals surface area contributed by atoms with Crippen LogP contribution in [-0.4, -0.2) is 58.4 Å². The van der Waals surface area contributed by atoms with E-state index in [1.165, 1.54) is 11.4 Å². The Kier molecular flexibility index (Phi) is 9.32. The van der Waals surface area contributed by atoms with Gasteiger partial charge in [0.05, 0.1) is 12.8 Å². The van der Waals surface area contributed by atoms with E-state index in [9.17, 15) is 0 Å². The molecule has 6 nitrogen and oxygen atoms in total. The number of anilines is 2. The highest BCUT2D eigenvalue weighted by Gasteiger charge is 2.26. The molecule has 0 radical (unpaired) electrons. The van der Waals surface area contributed by atoms with E-state index in [-0.39, 0.29) is 24.0 Å². The second kappa shape index (κ2) is 12.2. The number of nitrogens with zero attached hydrogens (tertiary/aromatic N) is 3. The molecule has 4 rings (SSSR count). The molecule has 2 fully saturated rings. The summed E-state index contributed by atoms with van der Waals surface area (Å²) in [6, 6.07) is 19.4. The molecule has 2 heterocycles. The van der Waals surface area contributed by atoms with E-state index in [0.29, 0.717) is 12.0 Å². The number of nitrogens with one attached hydrogen (secondary N) is 2. The Hall–Kier alpha value is -2.16. The number of ether oxygens (including phenoxy) is 1. The van der Waals surface area contributed by atoms with E-state index in [2.05, 4.69) is 69.8 Å². The fraction of sp³-hybridized carbons (Fsp3) is 0.480. The summed E-state index contributed by atoms with van der Waals surface area (Å²) in [4.78, 5) is 9.82. The second-order valence-electron chi connectivity index (χ2n) is 8.40. The average Bonchev–Trinajstić information content (AvgIpc) is 3.48. The van der Waals surface area contributed by atoms with E-state index in [1.54, 1.807) is 7.11 Å². The van der Waals surface area contributed by atoms with Gasteiger partial charge in [-0.2, -0.15) is 0 Å². The van der Waals surface area contributed by atoms with Gasteiger partial charge in [-0.05, 0) is 49.9 Å². The third kappa shape index (κ3) is 6.21. The molecule has 2 unspecified atom stereocenters. The van der Waals surface area contributed by atoms with Crippen molar-refractivity contribution in [3.05, 3.63) is 54.6 Å². The van der Waals surface area contributed by atoms with Gasteiger partial charge in [0.1, 0.15) is 5.75 Å². The van der Waals surface area contributed by atoms with E-state index in [1.807, 2.05) is 12.1 Å². The van der Waals surface area contributed by atoms with Gasteiger partial charge in [0.25, 0.3) is 0 Å². The molecule has 2 aromatic carbocycles. The van der Waals surface area contributed by atoms with E-state index in [4.69, 9.17) is 9.73 Å². The van der Waals surface area contributed by atoms with Crippen LogP contribution >= 0.6 is 24.0 Å². The molecule has 0 aliphatic carbocycles. The Balaban J connectivity index is 0.00000289. The Bertz CT molecular complexity index is 862. The smallest absolute Gasteiger partial charge is 0.191 e. The van der Waals surface area contributed by atoms with Gasteiger partial charge in [0.15, 0.2) is 5.96 Å². The predicted molar refractivity (Wildman–Crippen MR) is 145 cm³/mol. The summed E-state index contributed by atoms with van der Waals surface area (Å²) < 4.78 is 5.54. The molecule has 0 saturated carbocycles. The van der Waals surface area contributed by atoms with Gasteiger partial charge in [-0.1, -0.05) is 30.3 Å². The van der Waals surface area contributed by atoms with Crippen LogP contribution in [0.5, 0.6) is 5.75 Å². The van der Waals surface area contributed by atoms with Crippen molar-refractivity contribution in [2.45, 2.75) is 25.8 Å². The lowest BCUT2D eigenvalue weighted by Gasteiger charge is -2.21. The van der Waals surface area contributed by atoms with Crippen LogP contribution in [0.25, 0.3) is 0 Å². The number of rotatable bonds is 7. The van der Waals surface area contributed by atoms with Gasteiger partial charge in [0, 0.05) is 51.0 Å². The Labute approximate surface area is 209 Å². The standard InChI is InChI=1S/C25H35N5O.HI/c1-3-26-25(28-21-14-16-29(19-21)22-9-5-4-6-10-22)27-17-20-13-15-30(18-20)23-11-7-8-12-24(23)31-2;/h4-12,20-21H,3,13-19H2,1-2H3,(H2,26,27,28);1H. The number of para-hydroxylation sites is 3. The average molecular weight is 550 g/mol. The maximum Gasteiger partial charge on any atom is 0.191 e. The SMILES string of the molecule is CCNC(=NCC1CCN(c2ccccc2OC)C1)NC1CCN(c2ccccc2)C1.I. The Morgan fingerprint density at radius 3 is 2.53 bits per heavy atom. The first-order valence-corrected chi connectivity index (χ1v) is 11.5. The third-order valence-corrected chi connectivity index (χ3v) is 6.21. The van der Waals surface area contributed by atoms with Crippen LogP contribution in [0.1, 0.15) is 19.8 Å². The molecular formula is C25H36IN5O. The number of aliphatic imine (C=N–C) groups is 1. The normalized spacial score (nSPS) is 20.8. The maximum absolute atomic E-state index is 5.54. The zero-order valence-electron chi connectivity index (χ0n) is 19.2. The number of hydrogen-bond donors (Lipinski definition) is 2. The van der Waals surface area contributed by atoms with Crippen molar-refractivity contribution in [1.82, 2.24) is 10.6 Å². The van der Waals surface area contributed by atoms with Crippen molar-refractivity contribution >= 4 is 41.3 Å². The van der Waals surface area contributed by atoms with Gasteiger partial charge in [0.2, 0.25) is 0 Å². The molecule has 2 saturated heterocycles. The fourth-order valence-electron chi connectivity index (χ4n) is 4.58. The van der Waals surface area contributed by atoms with Gasteiger partial charge in [-0.15, -0.1) is 24.0 Å². The Morgan fingerprint density at radius 1 is 1.00 bits per heavy atom. The van der Waals surface area contributed by atoms with Crippen molar-refractivity contribution in [2.24, 2.45) is 10.9 Å². The highest BCUT2D eigenvalue weighted by Crippen LogP contribution is 2.32. The molecule has 0 spiro atoms. The highest BCUT2D eigenvalue weighted by molar-refractivity contribution is 14.0. The molecule has 7 heteroatoms. The maximum atomic E-state index is 5.54. The van der Waals surface area contributed by atoms with Crippen LogP contribution in [0.4, 0.5) is 11.4 Å². The minimum atomic E-state index is 0. The zero-order valence-corrected chi connectivity index (χ0v) is 21.5. The summed E-state index contributed by atoms with van der Waals surface area (Å²) in [7, 11) is 1.74. The van der Waals surface area contributed by atoms with E-state index in [0.717, 1.165) is 63.8 Å². The summed E-state index contributed by atoms with van der Waals surface area (Å²) >= 11 is 0. The number of benzene rings is 2. The summed E-state index contributed by atoms with van der Waals surface area (Å²) in [5.41, 5.74) is 2.49.